The molecule has 0 fully saturated rings. The van der Waals surface area contributed by atoms with Crippen LogP contribution in [-0.4, -0.2) is 29.0 Å². The van der Waals surface area contributed by atoms with Crippen molar-refractivity contribution in [2.75, 3.05) is 12.4 Å². The number of aliphatic hydroxyl groups excluding tert-OH is 1. The van der Waals surface area contributed by atoms with Crippen molar-refractivity contribution in [3.63, 3.8) is 0 Å². The van der Waals surface area contributed by atoms with Crippen LogP contribution in [0.4, 0.5) is 0 Å². The second-order valence-electron chi connectivity index (χ2n) is 5.66. The first-order chi connectivity index (χ1) is 8.97. The molecular formula is C15H27NO2S. The maximum absolute atomic E-state index is 9.50. The van der Waals surface area contributed by atoms with Crippen LogP contribution in [0.5, 0.6) is 0 Å². The fraction of sp³-hybridized carbons (Fsp3) is 0.733. The molecule has 0 amide bonds. The topological polar surface area (TPSA) is 45.4 Å². The molecule has 1 aromatic rings. The highest BCUT2D eigenvalue weighted by atomic mass is 32.2. The minimum atomic E-state index is -0.148. The lowest BCUT2D eigenvalue weighted by Gasteiger charge is -2.31. The van der Waals surface area contributed by atoms with Crippen molar-refractivity contribution < 1.29 is 9.52 Å². The molecule has 0 aliphatic carbocycles. The van der Waals surface area contributed by atoms with Gasteiger partial charge in [-0.1, -0.05) is 20.3 Å². The molecule has 3 nitrogen and oxygen atoms in total. The summed E-state index contributed by atoms with van der Waals surface area (Å²) in [4.78, 5) is 1.24. The highest BCUT2D eigenvalue weighted by Crippen LogP contribution is 2.25. The van der Waals surface area contributed by atoms with Crippen LogP contribution >= 0.6 is 11.8 Å². The van der Waals surface area contributed by atoms with E-state index in [1.54, 1.807) is 6.26 Å². The van der Waals surface area contributed by atoms with E-state index < -0.39 is 0 Å². The molecule has 4 heteroatoms. The molecule has 1 atom stereocenters. The molecule has 2 N–H and O–H groups in total. The molecule has 1 aromatic heterocycles. The molecular weight excluding hydrogens is 258 g/mol. The zero-order valence-electron chi connectivity index (χ0n) is 12.5. The van der Waals surface area contributed by atoms with Gasteiger partial charge in [-0.15, -0.1) is 11.8 Å². The molecule has 0 aliphatic rings. The number of rotatable bonds is 9. The quantitative estimate of drug-likeness (QED) is 0.537. The summed E-state index contributed by atoms with van der Waals surface area (Å²) in [6.45, 7) is 8.52. The van der Waals surface area contributed by atoms with Crippen molar-refractivity contribution in [1.82, 2.24) is 5.32 Å². The third-order valence-corrected chi connectivity index (χ3v) is 4.41. The van der Waals surface area contributed by atoms with Crippen molar-refractivity contribution in [2.24, 2.45) is 0 Å². The van der Waals surface area contributed by atoms with Gasteiger partial charge in [0.2, 0.25) is 0 Å². The summed E-state index contributed by atoms with van der Waals surface area (Å²) in [6.07, 6.45) is 5.03. The van der Waals surface area contributed by atoms with E-state index in [0.29, 0.717) is 6.04 Å². The van der Waals surface area contributed by atoms with Gasteiger partial charge in [-0.2, -0.15) is 0 Å². The number of hydrogen-bond acceptors (Lipinski definition) is 4. The van der Waals surface area contributed by atoms with Gasteiger partial charge in [0.15, 0.2) is 0 Å². The maximum Gasteiger partial charge on any atom is 0.114 e. The molecule has 0 saturated heterocycles. The van der Waals surface area contributed by atoms with Crippen LogP contribution in [0.3, 0.4) is 0 Å². The predicted molar refractivity (Wildman–Crippen MR) is 81.8 cm³/mol. The Morgan fingerprint density at radius 3 is 2.68 bits per heavy atom. The molecule has 1 heterocycles. The van der Waals surface area contributed by atoms with Crippen LogP contribution < -0.4 is 5.32 Å². The molecule has 0 spiro atoms. The summed E-state index contributed by atoms with van der Waals surface area (Å²) in [7, 11) is 0. The lowest BCUT2D eigenvalue weighted by Crippen LogP contribution is -2.49. The largest absolute Gasteiger partial charge is 0.468 e. The normalized spacial score (nSPS) is 14.8. The first-order valence-electron chi connectivity index (χ1n) is 7.02. The van der Waals surface area contributed by atoms with Crippen molar-refractivity contribution in [3.05, 3.63) is 18.1 Å². The average Bonchev–Trinajstić information content (AvgIpc) is 2.74. The number of furan rings is 1. The Bertz CT molecular complexity index is 365. The van der Waals surface area contributed by atoms with Crippen LogP contribution in [-0.2, 0) is 0 Å². The number of hydrogen-bond donors (Lipinski definition) is 2. The van der Waals surface area contributed by atoms with Crippen LogP contribution in [0.25, 0.3) is 0 Å². The summed E-state index contributed by atoms with van der Waals surface area (Å²) >= 11 is 1.85. The van der Waals surface area contributed by atoms with E-state index in [0.717, 1.165) is 30.8 Å². The second-order valence-corrected chi connectivity index (χ2v) is 6.80. The first-order valence-corrected chi connectivity index (χ1v) is 8.01. The maximum atomic E-state index is 9.50. The van der Waals surface area contributed by atoms with Gasteiger partial charge < -0.3 is 14.8 Å². The van der Waals surface area contributed by atoms with E-state index in [1.165, 1.54) is 4.90 Å². The Kier molecular flexibility index (Phi) is 6.97. The number of aliphatic hydroxyl groups is 1. The van der Waals surface area contributed by atoms with Gasteiger partial charge in [0, 0.05) is 16.5 Å². The van der Waals surface area contributed by atoms with E-state index in [-0.39, 0.29) is 12.1 Å². The van der Waals surface area contributed by atoms with Gasteiger partial charge in [-0.3, -0.25) is 0 Å². The summed E-state index contributed by atoms with van der Waals surface area (Å²) in [5.41, 5.74) is -0.148. The third-order valence-electron chi connectivity index (χ3n) is 3.18. The number of nitrogens with one attached hydrogen (secondary N) is 1. The van der Waals surface area contributed by atoms with E-state index >= 15 is 0 Å². The van der Waals surface area contributed by atoms with Gasteiger partial charge in [0.25, 0.3) is 0 Å². The zero-order chi connectivity index (χ0) is 14.3. The fourth-order valence-corrected chi connectivity index (χ4v) is 3.19. The van der Waals surface area contributed by atoms with Gasteiger partial charge in [-0.25, -0.2) is 0 Å². The molecule has 1 unspecified atom stereocenters. The molecule has 110 valence electrons. The minimum absolute atomic E-state index is 0.148. The number of unbranched alkanes of at least 4 members (excludes halogenated alkanes) is 1. The Balaban J connectivity index is 2.20. The molecule has 1 rings (SSSR count). The lowest BCUT2D eigenvalue weighted by molar-refractivity contribution is 0.154. The molecule has 0 aliphatic heterocycles. The molecule has 0 aromatic carbocycles. The standard InChI is InChI=1S/C15H27NO2S/c1-12(2)16-15(4,11-17)8-5-6-10-19-14-7-9-18-13(14)3/h7,9,12,16-17H,5-6,8,10-11H2,1-4H3. The Morgan fingerprint density at radius 1 is 1.42 bits per heavy atom. The van der Waals surface area contributed by atoms with Gasteiger partial charge in [-0.05, 0) is 38.5 Å². The van der Waals surface area contributed by atoms with Gasteiger partial charge in [0.05, 0.1) is 12.9 Å². The minimum Gasteiger partial charge on any atom is -0.468 e. The van der Waals surface area contributed by atoms with Crippen molar-refractivity contribution in [2.45, 2.75) is 63.4 Å². The SMILES string of the molecule is Cc1occc1SCCCCC(C)(CO)NC(C)C. The summed E-state index contributed by atoms with van der Waals surface area (Å²) < 4.78 is 5.27. The number of thioether (sulfide) groups is 1. The monoisotopic (exact) mass is 285 g/mol. The van der Waals surface area contributed by atoms with Crippen molar-refractivity contribution >= 4 is 11.8 Å². The molecule has 0 saturated carbocycles. The van der Waals surface area contributed by atoms with Crippen LogP contribution in [0, 0.1) is 6.92 Å². The summed E-state index contributed by atoms with van der Waals surface area (Å²) in [5, 5.41) is 12.9. The average molecular weight is 285 g/mol. The first kappa shape index (κ1) is 16.6. The van der Waals surface area contributed by atoms with E-state index in [4.69, 9.17) is 4.42 Å². The summed E-state index contributed by atoms with van der Waals surface area (Å²) in [6, 6.07) is 2.43. The fourth-order valence-electron chi connectivity index (χ4n) is 2.22. The Hall–Kier alpha value is -0.450. The second kappa shape index (κ2) is 7.98. The van der Waals surface area contributed by atoms with Crippen LogP contribution in [0.1, 0.15) is 45.8 Å². The summed E-state index contributed by atoms with van der Waals surface area (Å²) in [5.74, 6) is 2.11. The van der Waals surface area contributed by atoms with Crippen molar-refractivity contribution in [1.29, 1.82) is 0 Å². The van der Waals surface area contributed by atoms with Gasteiger partial charge >= 0.3 is 0 Å². The van der Waals surface area contributed by atoms with E-state index in [1.807, 2.05) is 24.8 Å². The van der Waals surface area contributed by atoms with E-state index in [2.05, 4.69) is 26.1 Å². The third kappa shape index (κ3) is 6.02. The highest BCUT2D eigenvalue weighted by molar-refractivity contribution is 7.99. The zero-order valence-corrected chi connectivity index (χ0v) is 13.3. The van der Waals surface area contributed by atoms with Crippen LogP contribution in [0.15, 0.2) is 21.6 Å². The Morgan fingerprint density at radius 2 is 2.16 bits per heavy atom. The number of aryl methyl sites for hydroxylation is 1. The lowest BCUT2D eigenvalue weighted by atomic mass is 9.95. The molecule has 0 bridgehead atoms. The smallest absolute Gasteiger partial charge is 0.114 e. The van der Waals surface area contributed by atoms with Crippen molar-refractivity contribution in [3.8, 4) is 0 Å². The van der Waals surface area contributed by atoms with E-state index in [9.17, 15) is 5.11 Å². The highest BCUT2D eigenvalue weighted by Gasteiger charge is 2.22. The Labute approximate surface area is 121 Å². The molecule has 19 heavy (non-hydrogen) atoms. The van der Waals surface area contributed by atoms with Crippen LogP contribution in [0.2, 0.25) is 0 Å². The molecule has 0 radical (unpaired) electrons. The predicted octanol–water partition coefficient (Wildman–Crippen LogP) is 3.60. The van der Waals surface area contributed by atoms with Gasteiger partial charge in [0.1, 0.15) is 5.76 Å².